The van der Waals surface area contributed by atoms with Crippen LogP contribution in [0.3, 0.4) is 0 Å². The van der Waals surface area contributed by atoms with Crippen molar-refractivity contribution in [3.8, 4) is 0 Å². The van der Waals surface area contributed by atoms with E-state index in [0.29, 0.717) is 32.9 Å². The highest BCUT2D eigenvalue weighted by Gasteiger charge is 2.12. The summed E-state index contributed by atoms with van der Waals surface area (Å²) in [6.07, 6.45) is 2.67. The first-order chi connectivity index (χ1) is 11.1. The summed E-state index contributed by atoms with van der Waals surface area (Å²) >= 11 is 0. The Bertz CT molecular complexity index is 1060. The number of aromatic nitrogens is 2. The van der Waals surface area contributed by atoms with Gasteiger partial charge in [-0.2, -0.15) is 16.8 Å². The molecule has 10 heteroatoms. The topological polar surface area (TPSA) is 135 Å². The Labute approximate surface area is 137 Å². The monoisotopic (exact) mass is 368 g/mol. The van der Waals surface area contributed by atoms with Crippen LogP contribution in [0.5, 0.6) is 0 Å². The molecule has 0 saturated heterocycles. The van der Waals surface area contributed by atoms with Crippen LogP contribution in [0.1, 0.15) is 11.1 Å². The number of rotatable bonds is 4. The predicted molar refractivity (Wildman–Crippen MR) is 87.5 cm³/mol. The summed E-state index contributed by atoms with van der Waals surface area (Å²) in [5.74, 6) is -1.07. The fourth-order valence-corrected chi connectivity index (χ4v) is 3.62. The maximum Gasteiger partial charge on any atom is 0.269 e. The lowest BCUT2D eigenvalue weighted by molar-refractivity contribution is 0.479. The average molecular weight is 368 g/mol. The summed E-state index contributed by atoms with van der Waals surface area (Å²) in [6, 6.07) is 6.56. The van der Waals surface area contributed by atoms with Gasteiger partial charge in [0.2, 0.25) is 0 Å². The number of hydrogen-bond donors (Lipinski definition) is 2. The summed E-state index contributed by atoms with van der Waals surface area (Å²) in [5.41, 5.74) is 1.72. The molecule has 2 N–H and O–H groups in total. The normalized spacial score (nSPS) is 12.8. The lowest BCUT2D eigenvalue weighted by atomic mass is 10.1. The van der Waals surface area contributed by atoms with Gasteiger partial charge >= 0.3 is 0 Å². The minimum absolute atomic E-state index is 0.340. The van der Waals surface area contributed by atoms with E-state index in [9.17, 15) is 16.8 Å². The molecule has 24 heavy (non-hydrogen) atoms. The molecule has 0 aliphatic heterocycles. The van der Waals surface area contributed by atoms with Gasteiger partial charge < -0.3 is 0 Å². The van der Waals surface area contributed by atoms with Gasteiger partial charge in [0.05, 0.1) is 11.0 Å². The molecule has 0 saturated carbocycles. The Morgan fingerprint density at radius 3 is 1.46 bits per heavy atom. The molecule has 0 aliphatic carbocycles. The molecule has 3 rings (SSSR count). The van der Waals surface area contributed by atoms with Gasteiger partial charge in [-0.3, -0.25) is 19.1 Å². The Morgan fingerprint density at radius 2 is 1.12 bits per heavy atom. The molecule has 2 aromatic heterocycles. The number of fused-ring (bicyclic) bond motifs is 3. The predicted octanol–water partition coefficient (Wildman–Crippen LogP) is 1.56. The van der Waals surface area contributed by atoms with Gasteiger partial charge in [-0.1, -0.05) is 12.1 Å². The zero-order chi connectivity index (χ0) is 17.5. The SMILES string of the molecule is O=S(=O)(O)Cc1cnc2c(ccc3cc(CS(=O)(=O)O)cnc32)c1. The van der Waals surface area contributed by atoms with Crippen molar-refractivity contribution in [2.75, 3.05) is 0 Å². The summed E-state index contributed by atoms with van der Waals surface area (Å²) < 4.78 is 61.6. The van der Waals surface area contributed by atoms with Gasteiger partial charge in [-0.05, 0) is 23.3 Å². The lowest BCUT2D eigenvalue weighted by Gasteiger charge is -2.06. The van der Waals surface area contributed by atoms with Crippen LogP contribution < -0.4 is 0 Å². The fourth-order valence-electron chi connectivity index (χ4n) is 2.46. The third-order valence-electron chi connectivity index (χ3n) is 3.31. The van der Waals surface area contributed by atoms with Crippen LogP contribution in [-0.2, 0) is 31.7 Å². The van der Waals surface area contributed by atoms with Crippen LogP contribution in [-0.4, -0.2) is 35.9 Å². The molecule has 0 aliphatic rings. The molecule has 0 amide bonds. The van der Waals surface area contributed by atoms with E-state index in [1.54, 1.807) is 24.3 Å². The maximum atomic E-state index is 10.9. The molecule has 0 spiro atoms. The molecular formula is C14H12N2O6S2. The smallest absolute Gasteiger partial charge is 0.269 e. The highest BCUT2D eigenvalue weighted by atomic mass is 32.2. The molecular weight excluding hydrogens is 356 g/mol. The van der Waals surface area contributed by atoms with Gasteiger partial charge in [0.25, 0.3) is 20.2 Å². The molecule has 2 heterocycles. The van der Waals surface area contributed by atoms with Gasteiger partial charge in [-0.25, -0.2) is 0 Å². The fraction of sp³-hybridized carbons (Fsp3) is 0.143. The first-order valence-corrected chi connectivity index (χ1v) is 9.89. The van der Waals surface area contributed by atoms with Gasteiger partial charge in [-0.15, -0.1) is 0 Å². The Morgan fingerprint density at radius 1 is 0.750 bits per heavy atom. The quantitative estimate of drug-likeness (QED) is 0.523. The maximum absolute atomic E-state index is 10.9. The largest absolute Gasteiger partial charge is 0.285 e. The van der Waals surface area contributed by atoms with Crippen LogP contribution >= 0.6 is 0 Å². The van der Waals surface area contributed by atoms with Crippen molar-refractivity contribution in [2.24, 2.45) is 0 Å². The number of benzene rings is 1. The summed E-state index contributed by atoms with van der Waals surface area (Å²) in [4.78, 5) is 8.38. The van der Waals surface area contributed by atoms with E-state index in [-0.39, 0.29) is 0 Å². The highest BCUT2D eigenvalue weighted by molar-refractivity contribution is 7.85. The van der Waals surface area contributed by atoms with Crippen LogP contribution in [0.2, 0.25) is 0 Å². The molecule has 3 aromatic rings. The molecule has 8 nitrogen and oxygen atoms in total. The first kappa shape index (κ1) is 16.7. The standard InChI is InChI=1S/C14H12N2O6S2/c17-23(18,19)7-9-3-11-1-2-12-4-10(8-24(20,21)22)6-16-14(12)13(11)15-5-9/h1-6H,7-8H2,(H,17,18,19)(H,20,21,22). The summed E-state index contributed by atoms with van der Waals surface area (Å²) in [6.45, 7) is 0. The van der Waals surface area contributed by atoms with Crippen LogP contribution in [0, 0.1) is 0 Å². The molecule has 0 radical (unpaired) electrons. The van der Waals surface area contributed by atoms with E-state index in [1.165, 1.54) is 12.4 Å². The van der Waals surface area contributed by atoms with Gasteiger partial charge in [0.15, 0.2) is 0 Å². The Kier molecular flexibility index (Phi) is 4.00. The molecule has 1 aromatic carbocycles. The van der Waals surface area contributed by atoms with Crippen molar-refractivity contribution >= 4 is 42.0 Å². The van der Waals surface area contributed by atoms with Crippen LogP contribution in [0.25, 0.3) is 21.8 Å². The molecule has 0 atom stereocenters. The third kappa shape index (κ3) is 3.85. The van der Waals surface area contributed by atoms with Crippen molar-refractivity contribution in [1.82, 2.24) is 9.97 Å². The highest BCUT2D eigenvalue weighted by Crippen LogP contribution is 2.24. The van der Waals surface area contributed by atoms with E-state index >= 15 is 0 Å². The molecule has 126 valence electrons. The minimum atomic E-state index is -4.15. The van der Waals surface area contributed by atoms with Crippen molar-refractivity contribution in [1.29, 1.82) is 0 Å². The third-order valence-corrected chi connectivity index (χ3v) is 4.71. The minimum Gasteiger partial charge on any atom is -0.285 e. The van der Waals surface area contributed by atoms with Crippen molar-refractivity contribution in [2.45, 2.75) is 11.5 Å². The number of hydrogen-bond acceptors (Lipinski definition) is 6. The van der Waals surface area contributed by atoms with Gasteiger partial charge in [0, 0.05) is 23.2 Å². The van der Waals surface area contributed by atoms with Gasteiger partial charge in [0.1, 0.15) is 11.5 Å². The second-order valence-electron chi connectivity index (χ2n) is 5.35. The molecule has 0 unspecified atom stereocenters. The van der Waals surface area contributed by atoms with Crippen molar-refractivity contribution in [3.05, 3.63) is 47.8 Å². The molecule has 0 fully saturated rings. The van der Waals surface area contributed by atoms with E-state index < -0.39 is 31.7 Å². The van der Waals surface area contributed by atoms with Crippen LogP contribution in [0.15, 0.2) is 36.7 Å². The number of nitrogens with zero attached hydrogens (tertiary/aromatic N) is 2. The van der Waals surface area contributed by atoms with Crippen molar-refractivity contribution in [3.63, 3.8) is 0 Å². The number of pyridine rings is 2. The van der Waals surface area contributed by atoms with E-state index in [2.05, 4.69) is 9.97 Å². The first-order valence-electron chi connectivity index (χ1n) is 6.67. The molecule has 0 bridgehead atoms. The Balaban J connectivity index is 2.10. The summed E-state index contributed by atoms with van der Waals surface area (Å²) in [5, 5.41) is 1.28. The summed E-state index contributed by atoms with van der Waals surface area (Å²) in [7, 11) is -8.30. The van der Waals surface area contributed by atoms with Crippen molar-refractivity contribution < 1.29 is 25.9 Å². The second kappa shape index (κ2) is 5.74. The Hall–Kier alpha value is -2.14. The zero-order valence-electron chi connectivity index (χ0n) is 12.1. The lowest BCUT2D eigenvalue weighted by Crippen LogP contribution is -2.03. The average Bonchev–Trinajstić information content (AvgIpc) is 2.43. The van der Waals surface area contributed by atoms with Crippen LogP contribution in [0.4, 0.5) is 0 Å². The second-order valence-corrected chi connectivity index (χ2v) is 8.25. The van der Waals surface area contributed by atoms with E-state index in [0.717, 1.165) is 0 Å². The zero-order valence-corrected chi connectivity index (χ0v) is 13.7. The van der Waals surface area contributed by atoms with E-state index in [1.807, 2.05) is 0 Å². The van der Waals surface area contributed by atoms with E-state index in [4.69, 9.17) is 9.11 Å².